The Morgan fingerprint density at radius 2 is 2.40 bits per heavy atom. The van der Waals surface area contributed by atoms with Crippen molar-refractivity contribution in [1.29, 1.82) is 0 Å². The van der Waals surface area contributed by atoms with Crippen molar-refractivity contribution in [1.82, 2.24) is 4.98 Å². The predicted octanol–water partition coefficient (Wildman–Crippen LogP) is 2.22. The van der Waals surface area contributed by atoms with E-state index in [1.807, 2.05) is 25.6 Å². The standard InChI is InChI=1S/C9H12N/c1-3-8-6-5-7-10-9(8)4-2/h4-7H,3H2,1-2H3. The molecule has 53 valence electrons. The maximum atomic E-state index is 4.21. The summed E-state index contributed by atoms with van der Waals surface area (Å²) in [5.41, 5.74) is 2.44. The molecule has 1 aromatic heterocycles. The van der Waals surface area contributed by atoms with Crippen molar-refractivity contribution in [3.63, 3.8) is 0 Å². The second-order valence-electron chi connectivity index (χ2n) is 2.19. The molecule has 0 fully saturated rings. The number of nitrogens with zero attached hydrogens (tertiary/aromatic N) is 1. The van der Waals surface area contributed by atoms with Gasteiger partial charge in [0.2, 0.25) is 0 Å². The van der Waals surface area contributed by atoms with Crippen LogP contribution in [0.15, 0.2) is 18.3 Å². The van der Waals surface area contributed by atoms with E-state index in [-0.39, 0.29) is 0 Å². The Morgan fingerprint density at radius 1 is 1.60 bits per heavy atom. The number of hydrogen-bond acceptors (Lipinski definition) is 1. The summed E-state index contributed by atoms with van der Waals surface area (Å²) in [5.74, 6) is 0. The Morgan fingerprint density at radius 3 is 2.90 bits per heavy atom. The average Bonchev–Trinajstić information content (AvgIpc) is 2.04. The molecule has 0 aliphatic carbocycles. The molecule has 0 N–H and O–H groups in total. The third kappa shape index (κ3) is 1.35. The molecule has 0 aliphatic rings. The minimum absolute atomic E-state index is 1.06. The van der Waals surface area contributed by atoms with Crippen molar-refractivity contribution in [2.24, 2.45) is 0 Å². The van der Waals surface area contributed by atoms with E-state index < -0.39 is 0 Å². The highest BCUT2D eigenvalue weighted by Gasteiger charge is 1.96. The molecule has 1 aromatic rings. The Hall–Kier alpha value is -0.850. The van der Waals surface area contributed by atoms with Crippen LogP contribution in [0.1, 0.15) is 25.1 Å². The molecule has 0 spiro atoms. The summed E-state index contributed by atoms with van der Waals surface area (Å²) in [7, 11) is 0. The van der Waals surface area contributed by atoms with Crippen LogP contribution in [0, 0.1) is 6.42 Å². The quantitative estimate of drug-likeness (QED) is 0.604. The van der Waals surface area contributed by atoms with Gasteiger partial charge < -0.3 is 0 Å². The molecular weight excluding hydrogens is 122 g/mol. The summed E-state index contributed by atoms with van der Waals surface area (Å²) in [6.45, 7) is 4.16. The monoisotopic (exact) mass is 134 g/mol. The van der Waals surface area contributed by atoms with Crippen LogP contribution in [0.25, 0.3) is 0 Å². The first-order chi connectivity index (χ1) is 4.88. The Kier molecular flexibility index (Phi) is 2.43. The summed E-state index contributed by atoms with van der Waals surface area (Å²) >= 11 is 0. The number of hydrogen-bond donors (Lipinski definition) is 0. The fourth-order valence-electron chi connectivity index (χ4n) is 1.01. The summed E-state index contributed by atoms with van der Waals surface area (Å²) in [6.07, 6.45) is 4.93. The van der Waals surface area contributed by atoms with E-state index in [2.05, 4.69) is 18.0 Å². The lowest BCUT2D eigenvalue weighted by Crippen LogP contribution is -1.91. The summed E-state index contributed by atoms with van der Waals surface area (Å²) < 4.78 is 0. The molecule has 0 amide bonds. The zero-order chi connectivity index (χ0) is 7.40. The molecule has 1 rings (SSSR count). The van der Waals surface area contributed by atoms with Gasteiger partial charge in [0.1, 0.15) is 0 Å². The summed E-state index contributed by atoms with van der Waals surface area (Å²) in [5, 5.41) is 0. The van der Waals surface area contributed by atoms with Crippen LogP contribution in [-0.2, 0) is 6.42 Å². The van der Waals surface area contributed by atoms with E-state index in [0.29, 0.717) is 0 Å². The second kappa shape index (κ2) is 3.35. The van der Waals surface area contributed by atoms with Gasteiger partial charge in [-0.25, -0.2) is 0 Å². The number of aromatic nitrogens is 1. The van der Waals surface area contributed by atoms with Crippen LogP contribution in [0.2, 0.25) is 0 Å². The number of rotatable bonds is 2. The van der Waals surface area contributed by atoms with Gasteiger partial charge in [-0.2, -0.15) is 0 Å². The van der Waals surface area contributed by atoms with Crippen LogP contribution in [-0.4, -0.2) is 4.98 Å². The Bertz CT molecular complexity index is 183. The van der Waals surface area contributed by atoms with E-state index in [0.717, 1.165) is 12.1 Å². The molecule has 10 heavy (non-hydrogen) atoms. The van der Waals surface area contributed by atoms with E-state index in [4.69, 9.17) is 0 Å². The maximum Gasteiger partial charge on any atom is 0.0470 e. The minimum atomic E-state index is 1.06. The molecule has 0 aliphatic heterocycles. The molecule has 0 aromatic carbocycles. The molecule has 1 heterocycles. The highest BCUT2D eigenvalue weighted by Crippen LogP contribution is 2.06. The zero-order valence-electron chi connectivity index (χ0n) is 6.46. The molecule has 0 saturated carbocycles. The minimum Gasteiger partial charge on any atom is -0.261 e. The van der Waals surface area contributed by atoms with E-state index in [9.17, 15) is 0 Å². The van der Waals surface area contributed by atoms with Crippen molar-refractivity contribution < 1.29 is 0 Å². The Balaban J connectivity index is 2.96. The first-order valence-corrected chi connectivity index (χ1v) is 3.61. The molecule has 0 unspecified atom stereocenters. The lowest BCUT2D eigenvalue weighted by molar-refractivity contribution is 1.05. The van der Waals surface area contributed by atoms with Crippen molar-refractivity contribution in [3.8, 4) is 0 Å². The third-order valence-electron chi connectivity index (χ3n) is 1.58. The highest BCUT2D eigenvalue weighted by molar-refractivity contribution is 5.24. The number of aryl methyl sites for hydroxylation is 1. The molecule has 1 radical (unpaired) electrons. The van der Waals surface area contributed by atoms with Crippen LogP contribution < -0.4 is 0 Å². The lowest BCUT2D eigenvalue weighted by atomic mass is 10.1. The molecule has 1 nitrogen and oxygen atoms in total. The SMILES string of the molecule is C[CH]c1ncccc1CC. The topological polar surface area (TPSA) is 12.9 Å². The largest absolute Gasteiger partial charge is 0.261 e. The van der Waals surface area contributed by atoms with Crippen molar-refractivity contribution in [2.75, 3.05) is 0 Å². The maximum absolute atomic E-state index is 4.21. The van der Waals surface area contributed by atoms with Gasteiger partial charge in [-0.05, 0) is 18.1 Å². The van der Waals surface area contributed by atoms with E-state index in [1.54, 1.807) is 0 Å². The van der Waals surface area contributed by atoms with E-state index in [1.165, 1.54) is 5.56 Å². The highest BCUT2D eigenvalue weighted by atomic mass is 14.7. The fourth-order valence-corrected chi connectivity index (χ4v) is 1.01. The van der Waals surface area contributed by atoms with Gasteiger partial charge in [-0.15, -0.1) is 0 Å². The molecular formula is C9H12N. The molecule has 0 saturated heterocycles. The smallest absolute Gasteiger partial charge is 0.0470 e. The van der Waals surface area contributed by atoms with Gasteiger partial charge >= 0.3 is 0 Å². The predicted molar refractivity (Wildman–Crippen MR) is 42.7 cm³/mol. The molecule has 0 atom stereocenters. The first-order valence-electron chi connectivity index (χ1n) is 3.61. The van der Waals surface area contributed by atoms with Crippen LogP contribution >= 0.6 is 0 Å². The van der Waals surface area contributed by atoms with Crippen molar-refractivity contribution in [2.45, 2.75) is 20.3 Å². The zero-order valence-corrected chi connectivity index (χ0v) is 6.46. The van der Waals surface area contributed by atoms with E-state index >= 15 is 0 Å². The lowest BCUT2D eigenvalue weighted by Gasteiger charge is -2.00. The molecule has 1 heteroatoms. The third-order valence-corrected chi connectivity index (χ3v) is 1.58. The average molecular weight is 134 g/mol. The van der Waals surface area contributed by atoms with Crippen molar-refractivity contribution >= 4 is 0 Å². The summed E-state index contributed by atoms with van der Waals surface area (Å²) in [6, 6.07) is 4.09. The van der Waals surface area contributed by atoms with Crippen LogP contribution in [0.4, 0.5) is 0 Å². The Labute approximate surface area is 62.1 Å². The van der Waals surface area contributed by atoms with Gasteiger partial charge in [-0.3, -0.25) is 4.98 Å². The summed E-state index contributed by atoms with van der Waals surface area (Å²) in [4.78, 5) is 4.21. The van der Waals surface area contributed by atoms with Crippen molar-refractivity contribution in [3.05, 3.63) is 36.0 Å². The van der Waals surface area contributed by atoms with Gasteiger partial charge in [0.15, 0.2) is 0 Å². The van der Waals surface area contributed by atoms with Gasteiger partial charge in [0.25, 0.3) is 0 Å². The van der Waals surface area contributed by atoms with Gasteiger partial charge in [-0.1, -0.05) is 19.9 Å². The van der Waals surface area contributed by atoms with Crippen LogP contribution in [0.5, 0.6) is 0 Å². The second-order valence-corrected chi connectivity index (χ2v) is 2.19. The number of pyridine rings is 1. The fraction of sp³-hybridized carbons (Fsp3) is 0.333. The van der Waals surface area contributed by atoms with Crippen LogP contribution in [0.3, 0.4) is 0 Å². The van der Waals surface area contributed by atoms with Gasteiger partial charge in [0.05, 0.1) is 0 Å². The molecule has 0 bridgehead atoms. The normalized spacial score (nSPS) is 9.80. The first kappa shape index (κ1) is 7.26. The van der Waals surface area contributed by atoms with Gasteiger partial charge in [0, 0.05) is 18.3 Å².